The lowest BCUT2D eigenvalue weighted by molar-refractivity contribution is -0.132. The van der Waals surface area contributed by atoms with E-state index in [2.05, 4.69) is 16.5 Å². The third kappa shape index (κ3) is 2.83. The van der Waals surface area contributed by atoms with Gasteiger partial charge < -0.3 is 10.1 Å². The van der Waals surface area contributed by atoms with Gasteiger partial charge in [0.2, 0.25) is 5.91 Å². The Bertz CT molecular complexity index is 524. The number of carbonyl (C=O) groups excluding carboxylic acids is 1. The summed E-state index contributed by atoms with van der Waals surface area (Å²) in [6, 6.07) is 2.17. The van der Waals surface area contributed by atoms with Gasteiger partial charge in [0.15, 0.2) is 0 Å². The van der Waals surface area contributed by atoms with Crippen molar-refractivity contribution in [2.45, 2.75) is 32.7 Å². The van der Waals surface area contributed by atoms with Gasteiger partial charge in [-0.2, -0.15) is 10.4 Å². The van der Waals surface area contributed by atoms with E-state index >= 15 is 0 Å². The molecule has 1 aromatic rings. The van der Waals surface area contributed by atoms with Gasteiger partial charge in [-0.1, -0.05) is 6.92 Å². The quantitative estimate of drug-likeness (QED) is 0.886. The van der Waals surface area contributed by atoms with Crippen molar-refractivity contribution in [1.29, 1.82) is 5.26 Å². The Morgan fingerprint density at radius 3 is 2.90 bits per heavy atom. The minimum Gasteiger partial charge on any atom is -0.381 e. The molecule has 0 saturated carbocycles. The van der Waals surface area contributed by atoms with Crippen LogP contribution in [0.15, 0.2) is 6.20 Å². The molecule has 1 saturated heterocycles. The van der Waals surface area contributed by atoms with Crippen LogP contribution in [0.4, 0.5) is 0 Å². The molecular formula is C14H20N4O2. The molecule has 0 spiro atoms. The zero-order valence-electron chi connectivity index (χ0n) is 12.0. The molecule has 2 rings (SSSR count). The van der Waals surface area contributed by atoms with Gasteiger partial charge in [0.1, 0.15) is 5.41 Å². The molecule has 0 bridgehead atoms. The van der Waals surface area contributed by atoms with E-state index in [-0.39, 0.29) is 5.91 Å². The molecular weight excluding hydrogens is 256 g/mol. The van der Waals surface area contributed by atoms with Gasteiger partial charge in [-0.05, 0) is 19.3 Å². The number of aromatic nitrogens is 2. The molecule has 1 aliphatic heterocycles. The fraction of sp³-hybridized carbons (Fsp3) is 0.643. The summed E-state index contributed by atoms with van der Waals surface area (Å²) in [6.07, 6.45) is 3.65. The van der Waals surface area contributed by atoms with Crippen LogP contribution >= 0.6 is 0 Å². The summed E-state index contributed by atoms with van der Waals surface area (Å²) in [6.45, 7) is 3.38. The van der Waals surface area contributed by atoms with E-state index in [0.717, 1.165) is 17.7 Å². The van der Waals surface area contributed by atoms with E-state index in [1.54, 1.807) is 4.68 Å². The van der Waals surface area contributed by atoms with Gasteiger partial charge in [-0.25, -0.2) is 0 Å². The predicted molar refractivity (Wildman–Crippen MR) is 72.5 cm³/mol. The standard InChI is InChI=1S/C14H20N4O2/c1-3-12-11(9-18(2)17-12)8-16-13(19)14(10-15)4-6-20-7-5-14/h9H,3-8H2,1-2H3,(H,16,19). The Balaban J connectivity index is 2.02. The molecule has 20 heavy (non-hydrogen) atoms. The maximum atomic E-state index is 12.3. The van der Waals surface area contributed by atoms with Gasteiger partial charge in [-0.15, -0.1) is 0 Å². The number of nitrogens with one attached hydrogen (secondary N) is 1. The zero-order chi connectivity index (χ0) is 14.6. The molecule has 0 atom stereocenters. The summed E-state index contributed by atoms with van der Waals surface area (Å²) in [5.41, 5.74) is 1.04. The normalized spacial score (nSPS) is 17.4. The minimum absolute atomic E-state index is 0.200. The highest BCUT2D eigenvalue weighted by Crippen LogP contribution is 2.29. The molecule has 108 valence electrons. The van der Waals surface area contributed by atoms with Gasteiger partial charge in [-0.3, -0.25) is 9.48 Å². The number of amides is 1. The van der Waals surface area contributed by atoms with Crippen LogP contribution in [0.3, 0.4) is 0 Å². The number of aryl methyl sites for hydroxylation is 2. The van der Waals surface area contributed by atoms with E-state index in [1.165, 1.54) is 0 Å². The fourth-order valence-corrected chi connectivity index (χ4v) is 2.48. The first-order valence-electron chi connectivity index (χ1n) is 6.90. The molecule has 1 aliphatic rings. The number of hydrogen-bond donors (Lipinski definition) is 1. The lowest BCUT2D eigenvalue weighted by Crippen LogP contribution is -2.43. The molecule has 1 aromatic heterocycles. The summed E-state index contributed by atoms with van der Waals surface area (Å²) in [7, 11) is 1.86. The average molecular weight is 276 g/mol. The van der Waals surface area contributed by atoms with E-state index in [0.29, 0.717) is 32.6 Å². The first-order valence-corrected chi connectivity index (χ1v) is 6.90. The molecule has 6 heteroatoms. The number of nitrogens with zero attached hydrogens (tertiary/aromatic N) is 3. The van der Waals surface area contributed by atoms with Crippen molar-refractivity contribution in [3.63, 3.8) is 0 Å². The van der Waals surface area contributed by atoms with E-state index in [4.69, 9.17) is 4.74 Å². The van der Waals surface area contributed by atoms with Crippen LogP contribution < -0.4 is 5.32 Å². The van der Waals surface area contributed by atoms with E-state index in [9.17, 15) is 10.1 Å². The monoisotopic (exact) mass is 276 g/mol. The Morgan fingerprint density at radius 2 is 2.30 bits per heavy atom. The van der Waals surface area contributed by atoms with Gasteiger partial charge in [0, 0.05) is 38.6 Å². The Kier molecular flexibility index (Phi) is 4.40. The Morgan fingerprint density at radius 1 is 1.60 bits per heavy atom. The average Bonchev–Trinajstić information content (AvgIpc) is 2.85. The number of nitriles is 1. The van der Waals surface area contributed by atoms with Gasteiger partial charge in [0.25, 0.3) is 0 Å². The summed E-state index contributed by atoms with van der Waals surface area (Å²) < 4.78 is 6.98. The fourth-order valence-electron chi connectivity index (χ4n) is 2.48. The summed E-state index contributed by atoms with van der Waals surface area (Å²) in [5, 5.41) is 16.5. The van der Waals surface area contributed by atoms with Crippen LogP contribution in [0.5, 0.6) is 0 Å². The molecule has 1 N–H and O–H groups in total. The molecule has 0 unspecified atom stereocenters. The van der Waals surface area contributed by atoms with Crippen LogP contribution in [0.1, 0.15) is 31.0 Å². The Hall–Kier alpha value is -1.87. The number of hydrogen-bond acceptors (Lipinski definition) is 4. The predicted octanol–water partition coefficient (Wildman–Crippen LogP) is 0.919. The van der Waals surface area contributed by atoms with Crippen molar-refractivity contribution in [2.75, 3.05) is 13.2 Å². The van der Waals surface area contributed by atoms with Crippen LogP contribution in [-0.2, 0) is 29.5 Å². The first kappa shape index (κ1) is 14.5. The van der Waals surface area contributed by atoms with Crippen molar-refractivity contribution in [1.82, 2.24) is 15.1 Å². The number of carbonyl (C=O) groups is 1. The summed E-state index contributed by atoms with van der Waals surface area (Å²) in [4.78, 5) is 12.3. The molecule has 0 aromatic carbocycles. The van der Waals surface area contributed by atoms with Crippen molar-refractivity contribution >= 4 is 5.91 Å². The lowest BCUT2D eigenvalue weighted by Gasteiger charge is -2.29. The van der Waals surface area contributed by atoms with Crippen LogP contribution in [0.25, 0.3) is 0 Å². The van der Waals surface area contributed by atoms with E-state index < -0.39 is 5.41 Å². The molecule has 1 amide bonds. The topological polar surface area (TPSA) is 79.9 Å². The largest absolute Gasteiger partial charge is 0.381 e. The molecule has 6 nitrogen and oxygen atoms in total. The SMILES string of the molecule is CCc1nn(C)cc1CNC(=O)C1(C#N)CCOCC1. The second-order valence-electron chi connectivity index (χ2n) is 5.12. The smallest absolute Gasteiger partial charge is 0.240 e. The molecule has 0 aliphatic carbocycles. The van der Waals surface area contributed by atoms with Crippen LogP contribution in [0.2, 0.25) is 0 Å². The summed E-state index contributed by atoms with van der Waals surface area (Å²) >= 11 is 0. The van der Waals surface area contributed by atoms with Gasteiger partial charge in [0.05, 0.1) is 11.8 Å². The van der Waals surface area contributed by atoms with Crippen molar-refractivity contribution in [3.8, 4) is 6.07 Å². The van der Waals surface area contributed by atoms with Crippen molar-refractivity contribution in [2.24, 2.45) is 12.5 Å². The molecule has 2 heterocycles. The van der Waals surface area contributed by atoms with Crippen LogP contribution in [0, 0.1) is 16.7 Å². The third-order valence-electron chi connectivity index (χ3n) is 3.76. The lowest BCUT2D eigenvalue weighted by atomic mass is 9.81. The maximum Gasteiger partial charge on any atom is 0.240 e. The second-order valence-corrected chi connectivity index (χ2v) is 5.12. The van der Waals surface area contributed by atoms with Gasteiger partial charge >= 0.3 is 0 Å². The highest BCUT2D eigenvalue weighted by atomic mass is 16.5. The number of rotatable bonds is 4. The Labute approximate surface area is 118 Å². The highest BCUT2D eigenvalue weighted by Gasteiger charge is 2.40. The zero-order valence-corrected chi connectivity index (χ0v) is 12.0. The second kappa shape index (κ2) is 6.06. The molecule has 0 radical (unpaired) electrons. The third-order valence-corrected chi connectivity index (χ3v) is 3.76. The van der Waals surface area contributed by atoms with Crippen molar-refractivity contribution < 1.29 is 9.53 Å². The van der Waals surface area contributed by atoms with E-state index in [1.807, 2.05) is 20.2 Å². The minimum atomic E-state index is -0.938. The van der Waals surface area contributed by atoms with Crippen molar-refractivity contribution in [3.05, 3.63) is 17.5 Å². The highest BCUT2D eigenvalue weighted by molar-refractivity contribution is 5.85. The number of ether oxygens (including phenoxy) is 1. The van der Waals surface area contributed by atoms with Crippen LogP contribution in [-0.4, -0.2) is 28.9 Å². The molecule has 1 fully saturated rings. The summed E-state index contributed by atoms with van der Waals surface area (Å²) in [5.74, 6) is -0.200. The first-order chi connectivity index (χ1) is 9.61. The maximum absolute atomic E-state index is 12.3.